The maximum absolute atomic E-state index is 11.8. The fourth-order valence-corrected chi connectivity index (χ4v) is 2.09. The van der Waals surface area contributed by atoms with Crippen LogP contribution in [-0.2, 0) is 25.5 Å². The Morgan fingerprint density at radius 1 is 1.24 bits per heavy atom. The number of nitrogens with one attached hydrogen (secondary N) is 1. The van der Waals surface area contributed by atoms with Crippen LogP contribution >= 0.6 is 11.6 Å². The Labute approximate surface area is 127 Å². The van der Waals surface area contributed by atoms with E-state index in [2.05, 4.69) is 5.32 Å². The molecule has 0 atom stereocenters. The molecule has 0 unspecified atom stereocenters. The molecule has 21 heavy (non-hydrogen) atoms. The highest BCUT2D eigenvalue weighted by atomic mass is 35.5. The van der Waals surface area contributed by atoms with Gasteiger partial charge in [0.15, 0.2) is 5.57 Å². The van der Waals surface area contributed by atoms with Crippen LogP contribution in [-0.4, -0.2) is 17.7 Å². The largest absolute Gasteiger partial charge is 0.419 e. The average Bonchev–Trinajstić information content (AvgIpc) is 2.36. The topological polar surface area (TPSA) is 64.6 Å². The highest BCUT2D eigenvalue weighted by Crippen LogP contribution is 2.25. The molecule has 1 aliphatic heterocycles. The molecule has 5 nitrogen and oxygen atoms in total. The van der Waals surface area contributed by atoms with Gasteiger partial charge in [0.1, 0.15) is 0 Å². The Kier molecular flexibility index (Phi) is 4.23. The van der Waals surface area contributed by atoms with Gasteiger partial charge in [0.2, 0.25) is 0 Å². The summed E-state index contributed by atoms with van der Waals surface area (Å²) in [5.41, 5.74) is 1.55. The monoisotopic (exact) mass is 309 g/mol. The van der Waals surface area contributed by atoms with E-state index in [-0.39, 0.29) is 5.57 Å². The third-order valence-electron chi connectivity index (χ3n) is 2.94. The Bertz CT molecular complexity index is 600. The van der Waals surface area contributed by atoms with Gasteiger partial charge in [-0.25, -0.2) is 9.59 Å². The molecular formula is C15H16ClNO4. The molecule has 1 aliphatic rings. The molecule has 0 saturated carbocycles. The third-order valence-corrected chi connectivity index (χ3v) is 3.18. The average molecular weight is 310 g/mol. The first kappa shape index (κ1) is 15.4. The number of benzene rings is 1. The highest BCUT2D eigenvalue weighted by Gasteiger charge is 2.38. The highest BCUT2D eigenvalue weighted by molar-refractivity contribution is 6.30. The summed E-state index contributed by atoms with van der Waals surface area (Å²) < 4.78 is 10.0. The summed E-state index contributed by atoms with van der Waals surface area (Å²) in [4.78, 5) is 23.6. The molecule has 1 aromatic rings. The number of hydrogen-bond acceptors (Lipinski definition) is 5. The smallest absolute Gasteiger partial charge is 0.350 e. The maximum Gasteiger partial charge on any atom is 0.350 e. The lowest BCUT2D eigenvalue weighted by Gasteiger charge is -2.29. The molecule has 6 heteroatoms. The SMILES string of the molecule is CCc1ccc(Cl)cc1NC=C1C(=O)OC(C)(C)OC1=O. The van der Waals surface area contributed by atoms with Gasteiger partial charge in [-0.1, -0.05) is 24.6 Å². The van der Waals surface area contributed by atoms with E-state index in [4.69, 9.17) is 21.1 Å². The van der Waals surface area contributed by atoms with Crippen LogP contribution in [0.2, 0.25) is 5.02 Å². The van der Waals surface area contributed by atoms with Crippen molar-refractivity contribution in [2.75, 3.05) is 5.32 Å². The van der Waals surface area contributed by atoms with Crippen molar-refractivity contribution < 1.29 is 19.1 Å². The van der Waals surface area contributed by atoms with E-state index in [1.807, 2.05) is 13.0 Å². The molecule has 1 N–H and O–H groups in total. The Hall–Kier alpha value is -2.01. The molecule has 0 spiro atoms. The fraction of sp³-hybridized carbons (Fsp3) is 0.333. The second-order valence-corrected chi connectivity index (χ2v) is 5.47. The third kappa shape index (κ3) is 3.55. The van der Waals surface area contributed by atoms with Gasteiger partial charge in [0.05, 0.1) is 0 Å². The van der Waals surface area contributed by atoms with E-state index in [1.165, 1.54) is 20.0 Å². The summed E-state index contributed by atoms with van der Waals surface area (Å²) in [7, 11) is 0. The van der Waals surface area contributed by atoms with Crippen molar-refractivity contribution in [2.45, 2.75) is 33.0 Å². The molecule has 0 amide bonds. The van der Waals surface area contributed by atoms with Crippen molar-refractivity contribution in [3.05, 3.63) is 40.6 Å². The zero-order valence-corrected chi connectivity index (χ0v) is 12.8. The fourth-order valence-electron chi connectivity index (χ4n) is 1.92. The number of rotatable bonds is 3. The first-order valence-corrected chi connectivity index (χ1v) is 6.92. The van der Waals surface area contributed by atoms with E-state index < -0.39 is 17.7 Å². The number of ether oxygens (including phenoxy) is 2. The molecule has 0 aliphatic carbocycles. The lowest BCUT2D eigenvalue weighted by atomic mass is 10.1. The van der Waals surface area contributed by atoms with Crippen molar-refractivity contribution in [3.8, 4) is 0 Å². The molecule has 0 bridgehead atoms. The number of aryl methyl sites for hydroxylation is 1. The van der Waals surface area contributed by atoms with Crippen LogP contribution in [0.1, 0.15) is 26.3 Å². The van der Waals surface area contributed by atoms with Crippen molar-refractivity contribution in [1.29, 1.82) is 0 Å². The second kappa shape index (κ2) is 5.77. The van der Waals surface area contributed by atoms with Crippen molar-refractivity contribution in [1.82, 2.24) is 0 Å². The Morgan fingerprint density at radius 2 is 1.86 bits per heavy atom. The molecule has 2 rings (SSSR count). The lowest BCUT2D eigenvalue weighted by molar-refractivity contribution is -0.222. The lowest BCUT2D eigenvalue weighted by Crippen LogP contribution is -2.42. The number of carbonyl (C=O) groups is 2. The molecule has 1 heterocycles. The first-order valence-electron chi connectivity index (χ1n) is 6.54. The summed E-state index contributed by atoms with van der Waals surface area (Å²) in [6, 6.07) is 5.38. The van der Waals surface area contributed by atoms with Gasteiger partial charge in [-0.2, -0.15) is 0 Å². The summed E-state index contributed by atoms with van der Waals surface area (Å²) in [6.45, 7) is 4.99. The predicted octanol–water partition coefficient (Wildman–Crippen LogP) is 3.03. The quantitative estimate of drug-likeness (QED) is 0.528. The van der Waals surface area contributed by atoms with Gasteiger partial charge in [-0.3, -0.25) is 0 Å². The second-order valence-electron chi connectivity index (χ2n) is 5.04. The number of cyclic esters (lactones) is 2. The van der Waals surface area contributed by atoms with E-state index in [9.17, 15) is 9.59 Å². The van der Waals surface area contributed by atoms with Crippen LogP contribution in [0, 0.1) is 0 Å². The van der Waals surface area contributed by atoms with E-state index in [0.29, 0.717) is 5.02 Å². The number of hydrogen-bond donors (Lipinski definition) is 1. The van der Waals surface area contributed by atoms with Crippen LogP contribution in [0.15, 0.2) is 30.0 Å². The molecular weight excluding hydrogens is 294 g/mol. The standard InChI is InChI=1S/C15H16ClNO4/c1-4-9-5-6-10(16)7-12(9)17-8-11-13(18)20-15(2,3)21-14(11)19/h5-8,17H,4H2,1-3H3. The van der Waals surface area contributed by atoms with Gasteiger partial charge in [-0.05, 0) is 24.1 Å². The normalized spacial score (nSPS) is 17.0. The minimum atomic E-state index is -1.24. The van der Waals surface area contributed by atoms with Crippen LogP contribution in [0.3, 0.4) is 0 Å². The number of halogens is 1. The predicted molar refractivity (Wildman–Crippen MR) is 78.8 cm³/mol. The number of carbonyl (C=O) groups excluding carboxylic acids is 2. The molecule has 112 valence electrons. The summed E-state index contributed by atoms with van der Waals surface area (Å²) >= 11 is 5.95. The number of esters is 2. The van der Waals surface area contributed by atoms with Crippen LogP contribution in [0.25, 0.3) is 0 Å². The molecule has 1 saturated heterocycles. The van der Waals surface area contributed by atoms with E-state index >= 15 is 0 Å². The Balaban J connectivity index is 2.23. The zero-order valence-electron chi connectivity index (χ0n) is 12.0. The number of anilines is 1. The van der Waals surface area contributed by atoms with Gasteiger partial charge in [-0.15, -0.1) is 0 Å². The summed E-state index contributed by atoms with van der Waals surface area (Å²) in [6.07, 6.45) is 2.06. The van der Waals surface area contributed by atoms with Crippen LogP contribution < -0.4 is 5.32 Å². The van der Waals surface area contributed by atoms with Crippen LogP contribution in [0.5, 0.6) is 0 Å². The van der Waals surface area contributed by atoms with Crippen molar-refractivity contribution >= 4 is 29.2 Å². The van der Waals surface area contributed by atoms with Gasteiger partial charge in [0.25, 0.3) is 5.79 Å². The maximum atomic E-state index is 11.8. The van der Waals surface area contributed by atoms with E-state index in [1.54, 1.807) is 12.1 Å². The first-order chi connectivity index (χ1) is 9.82. The minimum Gasteiger partial charge on any atom is -0.419 e. The van der Waals surface area contributed by atoms with Crippen LogP contribution in [0.4, 0.5) is 5.69 Å². The van der Waals surface area contributed by atoms with E-state index in [0.717, 1.165) is 17.7 Å². The van der Waals surface area contributed by atoms with Gasteiger partial charge >= 0.3 is 11.9 Å². The molecule has 0 radical (unpaired) electrons. The molecule has 1 fully saturated rings. The molecule has 1 aromatic carbocycles. The summed E-state index contributed by atoms with van der Waals surface area (Å²) in [5.74, 6) is -2.68. The van der Waals surface area contributed by atoms with Gasteiger partial charge < -0.3 is 14.8 Å². The van der Waals surface area contributed by atoms with Gasteiger partial charge in [0, 0.05) is 30.8 Å². The Morgan fingerprint density at radius 3 is 2.43 bits per heavy atom. The zero-order chi connectivity index (χ0) is 15.6. The molecule has 0 aromatic heterocycles. The summed E-state index contributed by atoms with van der Waals surface area (Å²) in [5, 5.41) is 3.47. The van der Waals surface area contributed by atoms with Crippen molar-refractivity contribution in [2.24, 2.45) is 0 Å². The minimum absolute atomic E-state index is 0.184. The van der Waals surface area contributed by atoms with Crippen molar-refractivity contribution in [3.63, 3.8) is 0 Å².